The van der Waals surface area contributed by atoms with E-state index in [-0.39, 0.29) is 5.82 Å². The van der Waals surface area contributed by atoms with Crippen molar-refractivity contribution in [2.45, 2.75) is 69.9 Å². The second-order valence-corrected chi connectivity index (χ2v) is 9.57. The third-order valence-electron chi connectivity index (χ3n) is 6.47. The number of benzene rings is 1. The summed E-state index contributed by atoms with van der Waals surface area (Å²) in [5.41, 5.74) is 3.44. The molecule has 4 rings (SSSR count). The molecule has 1 aromatic carbocycles. The number of nitrogens with zero attached hydrogens (tertiary/aromatic N) is 2. The molecule has 0 saturated heterocycles. The maximum absolute atomic E-state index is 14.3. The molecule has 1 aliphatic heterocycles. The van der Waals surface area contributed by atoms with Crippen LogP contribution < -0.4 is 5.32 Å². The van der Waals surface area contributed by atoms with E-state index in [0.29, 0.717) is 12.0 Å². The number of hydrogen-bond donors (Lipinski definition) is 1. The van der Waals surface area contributed by atoms with Gasteiger partial charge >= 0.3 is 0 Å². The maximum Gasteiger partial charge on any atom is 0.179 e. The molecule has 28 heavy (non-hydrogen) atoms. The summed E-state index contributed by atoms with van der Waals surface area (Å²) < 4.78 is 20.6. The standard InChI is InChI=1S/C22H29BrFN3S/c1-26-20(9-11-25-18-5-3-2-4-6-18)21-15(10-12-27(21)22(26)28)13-16-14-17(23)7-8-19(16)24/h7-8,14-15,18,25H,2-6,9-13H2,1H3/t15-/m1/s1. The quantitative estimate of drug-likeness (QED) is 0.556. The molecular formula is C22H29BrFN3S. The summed E-state index contributed by atoms with van der Waals surface area (Å²) >= 11 is 9.18. The van der Waals surface area contributed by atoms with Crippen LogP contribution in [0.4, 0.5) is 4.39 Å². The molecule has 1 aliphatic carbocycles. The van der Waals surface area contributed by atoms with Crippen LogP contribution in [0.5, 0.6) is 0 Å². The molecule has 0 radical (unpaired) electrons. The van der Waals surface area contributed by atoms with Gasteiger partial charge in [0.2, 0.25) is 0 Å². The number of hydrogen-bond acceptors (Lipinski definition) is 2. The SMILES string of the molecule is Cn1c(CCNC2CCCCC2)c2n(c1=S)CC[C@@H]2Cc1cc(Br)ccc1F. The van der Waals surface area contributed by atoms with Crippen molar-refractivity contribution in [3.63, 3.8) is 0 Å². The molecule has 1 aromatic heterocycles. The first-order valence-corrected chi connectivity index (χ1v) is 11.7. The van der Waals surface area contributed by atoms with Gasteiger partial charge in [-0.25, -0.2) is 4.39 Å². The van der Waals surface area contributed by atoms with Gasteiger partial charge in [-0.05, 0) is 61.7 Å². The zero-order valence-corrected chi connectivity index (χ0v) is 18.9. The summed E-state index contributed by atoms with van der Waals surface area (Å²) in [7, 11) is 2.08. The molecule has 152 valence electrons. The molecule has 1 N–H and O–H groups in total. The van der Waals surface area contributed by atoms with E-state index in [1.807, 2.05) is 6.07 Å². The van der Waals surface area contributed by atoms with E-state index < -0.39 is 0 Å². The van der Waals surface area contributed by atoms with Crippen molar-refractivity contribution in [3.05, 3.63) is 50.2 Å². The fraction of sp³-hybridized carbons (Fsp3) is 0.591. The topological polar surface area (TPSA) is 21.9 Å². The average Bonchev–Trinajstić information content (AvgIpc) is 3.20. The van der Waals surface area contributed by atoms with Crippen molar-refractivity contribution >= 4 is 28.1 Å². The highest BCUT2D eigenvalue weighted by atomic mass is 79.9. The third kappa shape index (κ3) is 4.14. The van der Waals surface area contributed by atoms with Crippen LogP contribution in [0.3, 0.4) is 0 Å². The van der Waals surface area contributed by atoms with Crippen molar-refractivity contribution in [2.75, 3.05) is 6.54 Å². The Bertz CT molecular complexity index is 898. The van der Waals surface area contributed by atoms with Crippen LogP contribution in [0.15, 0.2) is 22.7 Å². The largest absolute Gasteiger partial charge is 0.324 e. The first kappa shape index (κ1) is 20.3. The van der Waals surface area contributed by atoms with Crippen molar-refractivity contribution in [1.29, 1.82) is 0 Å². The van der Waals surface area contributed by atoms with Gasteiger partial charge in [0.05, 0.1) is 0 Å². The number of fused-ring (bicyclic) bond motifs is 1. The van der Waals surface area contributed by atoms with Crippen LogP contribution in [0.1, 0.15) is 61.4 Å². The normalized spacial score (nSPS) is 19.9. The van der Waals surface area contributed by atoms with Crippen LogP contribution in [0.25, 0.3) is 0 Å². The summed E-state index contributed by atoms with van der Waals surface area (Å²) in [5, 5.41) is 3.76. The highest BCUT2D eigenvalue weighted by Gasteiger charge is 2.30. The fourth-order valence-corrected chi connectivity index (χ4v) is 5.69. The minimum atomic E-state index is -0.114. The Morgan fingerprint density at radius 2 is 2.00 bits per heavy atom. The number of rotatable bonds is 6. The first-order valence-electron chi connectivity index (χ1n) is 10.5. The van der Waals surface area contributed by atoms with Crippen molar-refractivity contribution in [2.24, 2.45) is 7.05 Å². The summed E-state index contributed by atoms with van der Waals surface area (Å²) in [5.74, 6) is 0.216. The lowest BCUT2D eigenvalue weighted by atomic mass is 9.93. The number of aromatic nitrogens is 2. The molecule has 0 amide bonds. The van der Waals surface area contributed by atoms with E-state index in [0.717, 1.165) is 47.2 Å². The van der Waals surface area contributed by atoms with Gasteiger partial charge in [-0.3, -0.25) is 0 Å². The van der Waals surface area contributed by atoms with Crippen LogP contribution in [-0.2, 0) is 26.4 Å². The molecule has 2 aliphatic rings. The lowest BCUT2D eigenvalue weighted by molar-refractivity contribution is 0.374. The number of nitrogens with one attached hydrogen (secondary N) is 1. The van der Waals surface area contributed by atoms with Crippen molar-refractivity contribution < 1.29 is 4.39 Å². The van der Waals surface area contributed by atoms with E-state index in [1.165, 1.54) is 43.5 Å². The Balaban J connectivity index is 1.52. The van der Waals surface area contributed by atoms with Crippen LogP contribution >= 0.6 is 28.1 Å². The van der Waals surface area contributed by atoms with Gasteiger partial charge in [-0.1, -0.05) is 35.2 Å². The summed E-state index contributed by atoms with van der Waals surface area (Å²) in [6, 6.07) is 5.91. The summed E-state index contributed by atoms with van der Waals surface area (Å²) in [4.78, 5) is 0. The Morgan fingerprint density at radius 1 is 1.21 bits per heavy atom. The van der Waals surface area contributed by atoms with Crippen LogP contribution in [-0.4, -0.2) is 21.7 Å². The molecule has 0 spiro atoms. The van der Waals surface area contributed by atoms with Gasteiger partial charge in [0.1, 0.15) is 5.82 Å². The predicted molar refractivity (Wildman–Crippen MR) is 118 cm³/mol. The predicted octanol–water partition coefficient (Wildman–Crippen LogP) is 5.65. The second kappa shape index (κ2) is 8.80. The molecule has 3 nitrogen and oxygen atoms in total. The molecule has 1 fully saturated rings. The summed E-state index contributed by atoms with van der Waals surface area (Å²) in [6.07, 6.45) is 9.44. The molecule has 0 bridgehead atoms. The maximum atomic E-state index is 14.3. The number of halogens is 2. The average molecular weight is 466 g/mol. The summed E-state index contributed by atoms with van der Waals surface area (Å²) in [6.45, 7) is 1.93. The van der Waals surface area contributed by atoms with Gasteiger partial charge in [0.25, 0.3) is 0 Å². The molecule has 2 aromatic rings. The third-order valence-corrected chi connectivity index (χ3v) is 7.46. The van der Waals surface area contributed by atoms with Gasteiger partial charge < -0.3 is 14.5 Å². The van der Waals surface area contributed by atoms with Gasteiger partial charge in [-0.2, -0.15) is 0 Å². The van der Waals surface area contributed by atoms with E-state index in [1.54, 1.807) is 12.1 Å². The molecule has 6 heteroatoms. The van der Waals surface area contributed by atoms with E-state index >= 15 is 0 Å². The molecule has 1 atom stereocenters. The van der Waals surface area contributed by atoms with E-state index in [9.17, 15) is 4.39 Å². The second-order valence-electron chi connectivity index (χ2n) is 8.29. The smallest absolute Gasteiger partial charge is 0.179 e. The molecule has 2 heterocycles. The molecule has 0 unspecified atom stereocenters. The van der Waals surface area contributed by atoms with Gasteiger partial charge in [0, 0.05) is 54.4 Å². The highest BCUT2D eigenvalue weighted by Crippen LogP contribution is 2.36. The minimum absolute atomic E-state index is 0.114. The van der Waals surface area contributed by atoms with Crippen molar-refractivity contribution in [3.8, 4) is 0 Å². The monoisotopic (exact) mass is 465 g/mol. The van der Waals surface area contributed by atoms with Crippen molar-refractivity contribution in [1.82, 2.24) is 14.5 Å². The highest BCUT2D eigenvalue weighted by molar-refractivity contribution is 9.10. The Hall–Kier alpha value is -0.980. The minimum Gasteiger partial charge on any atom is -0.324 e. The number of imidazole rings is 1. The fourth-order valence-electron chi connectivity index (χ4n) is 4.98. The lowest BCUT2D eigenvalue weighted by Crippen LogP contribution is -2.33. The molecular weight excluding hydrogens is 437 g/mol. The van der Waals surface area contributed by atoms with Crippen LogP contribution in [0, 0.1) is 10.6 Å². The molecule has 1 saturated carbocycles. The van der Waals surface area contributed by atoms with Gasteiger partial charge in [0.15, 0.2) is 4.77 Å². The Kier molecular flexibility index (Phi) is 6.38. The first-order chi connectivity index (χ1) is 13.5. The zero-order chi connectivity index (χ0) is 19.7. The Labute approximate surface area is 180 Å². The van der Waals surface area contributed by atoms with E-state index in [4.69, 9.17) is 12.2 Å². The Morgan fingerprint density at radius 3 is 2.79 bits per heavy atom. The lowest BCUT2D eigenvalue weighted by Gasteiger charge is -2.23. The van der Waals surface area contributed by atoms with Crippen LogP contribution in [0.2, 0.25) is 0 Å². The van der Waals surface area contributed by atoms with Gasteiger partial charge in [-0.15, -0.1) is 0 Å². The van der Waals surface area contributed by atoms with E-state index in [2.05, 4.69) is 37.4 Å². The zero-order valence-electron chi connectivity index (χ0n) is 16.5.